The fourth-order valence-electron chi connectivity index (χ4n) is 2.53. The molecule has 1 saturated heterocycles. The van der Waals surface area contributed by atoms with Crippen LogP contribution in [0, 0.1) is 6.92 Å². The number of nitrogens with two attached hydrogens (primary N) is 1. The minimum absolute atomic E-state index is 0.0271. The monoisotopic (exact) mass is 258 g/mol. The van der Waals surface area contributed by atoms with Crippen molar-refractivity contribution in [3.63, 3.8) is 0 Å². The maximum Gasteiger partial charge on any atom is 0.289 e. The van der Waals surface area contributed by atoms with E-state index in [9.17, 15) is 4.79 Å². The highest BCUT2D eigenvalue weighted by Crippen LogP contribution is 2.22. The maximum atomic E-state index is 12.4. The zero-order valence-electron chi connectivity index (χ0n) is 11.1. The third-order valence-corrected chi connectivity index (χ3v) is 3.71. The highest BCUT2D eigenvalue weighted by molar-refractivity contribution is 5.96. The molecule has 0 atom stereocenters. The molecule has 3 rings (SSSR count). The van der Waals surface area contributed by atoms with Crippen LogP contribution in [0.2, 0.25) is 0 Å². The number of carbonyl (C=O) groups excluding carboxylic acids is 1. The molecule has 0 bridgehead atoms. The van der Waals surface area contributed by atoms with Gasteiger partial charge in [0.15, 0.2) is 5.76 Å². The number of amides is 1. The SMILES string of the molecule is Cc1ccc2oc(C(=O)N3CCC(N)CC3)cc2c1. The summed E-state index contributed by atoms with van der Waals surface area (Å²) in [6, 6.07) is 7.98. The number of benzene rings is 1. The van der Waals surface area contributed by atoms with Crippen LogP contribution >= 0.6 is 0 Å². The molecule has 1 aromatic heterocycles. The number of rotatable bonds is 1. The Morgan fingerprint density at radius 1 is 1.32 bits per heavy atom. The zero-order valence-corrected chi connectivity index (χ0v) is 11.1. The lowest BCUT2D eigenvalue weighted by atomic mass is 10.1. The summed E-state index contributed by atoms with van der Waals surface area (Å²) in [4.78, 5) is 14.2. The van der Waals surface area contributed by atoms with Gasteiger partial charge in [0, 0.05) is 24.5 Å². The zero-order chi connectivity index (χ0) is 13.4. The van der Waals surface area contributed by atoms with Gasteiger partial charge in [-0.2, -0.15) is 0 Å². The van der Waals surface area contributed by atoms with Crippen LogP contribution < -0.4 is 5.73 Å². The number of fused-ring (bicyclic) bond motifs is 1. The van der Waals surface area contributed by atoms with Gasteiger partial charge in [-0.25, -0.2) is 0 Å². The Kier molecular flexibility index (Phi) is 3.03. The predicted octanol–water partition coefficient (Wildman–Crippen LogP) is 2.30. The van der Waals surface area contributed by atoms with Crippen LogP contribution in [0.4, 0.5) is 0 Å². The van der Waals surface area contributed by atoms with Crippen molar-refractivity contribution in [3.05, 3.63) is 35.6 Å². The Balaban J connectivity index is 1.85. The third-order valence-electron chi connectivity index (χ3n) is 3.71. The van der Waals surface area contributed by atoms with E-state index >= 15 is 0 Å². The standard InChI is InChI=1S/C15H18N2O2/c1-10-2-3-13-11(8-10)9-14(19-13)15(18)17-6-4-12(16)5-7-17/h2-3,8-9,12H,4-7,16H2,1H3. The average molecular weight is 258 g/mol. The van der Waals surface area contributed by atoms with Gasteiger partial charge in [-0.15, -0.1) is 0 Å². The number of hydrogen-bond acceptors (Lipinski definition) is 3. The quantitative estimate of drug-likeness (QED) is 0.853. The Bertz CT molecular complexity index is 610. The van der Waals surface area contributed by atoms with Gasteiger partial charge in [0.05, 0.1) is 0 Å². The summed E-state index contributed by atoms with van der Waals surface area (Å²) in [7, 11) is 0. The van der Waals surface area contributed by atoms with Crippen molar-refractivity contribution in [1.82, 2.24) is 4.90 Å². The fraction of sp³-hybridized carbons (Fsp3) is 0.400. The van der Waals surface area contributed by atoms with Crippen LogP contribution in [-0.4, -0.2) is 29.9 Å². The van der Waals surface area contributed by atoms with Crippen molar-refractivity contribution < 1.29 is 9.21 Å². The molecule has 1 amide bonds. The molecule has 100 valence electrons. The summed E-state index contributed by atoms with van der Waals surface area (Å²) in [5.74, 6) is 0.400. The number of furan rings is 1. The van der Waals surface area contributed by atoms with E-state index in [1.807, 2.05) is 36.1 Å². The van der Waals surface area contributed by atoms with Crippen molar-refractivity contribution in [2.75, 3.05) is 13.1 Å². The second kappa shape index (κ2) is 4.70. The molecule has 4 heteroatoms. The largest absolute Gasteiger partial charge is 0.451 e. The maximum absolute atomic E-state index is 12.4. The molecule has 0 radical (unpaired) electrons. The molecule has 1 fully saturated rings. The summed E-state index contributed by atoms with van der Waals surface area (Å²) in [6.45, 7) is 3.46. The van der Waals surface area contributed by atoms with E-state index in [1.165, 1.54) is 0 Å². The minimum Gasteiger partial charge on any atom is -0.451 e. The van der Waals surface area contributed by atoms with Gasteiger partial charge in [0.1, 0.15) is 5.58 Å². The third kappa shape index (κ3) is 2.36. The molecule has 0 saturated carbocycles. The molecule has 4 nitrogen and oxygen atoms in total. The van der Waals surface area contributed by atoms with Crippen molar-refractivity contribution in [2.45, 2.75) is 25.8 Å². The van der Waals surface area contributed by atoms with Crippen molar-refractivity contribution in [3.8, 4) is 0 Å². The van der Waals surface area contributed by atoms with Gasteiger partial charge >= 0.3 is 0 Å². The second-order valence-corrected chi connectivity index (χ2v) is 5.28. The Labute approximate surface area is 112 Å². The molecule has 1 aromatic carbocycles. The average Bonchev–Trinajstić information content (AvgIpc) is 2.81. The molecular formula is C15H18N2O2. The molecule has 2 N–H and O–H groups in total. The lowest BCUT2D eigenvalue weighted by Crippen LogP contribution is -2.42. The molecule has 0 unspecified atom stereocenters. The van der Waals surface area contributed by atoms with Crippen molar-refractivity contribution in [2.24, 2.45) is 5.73 Å². The first-order valence-electron chi connectivity index (χ1n) is 6.68. The molecule has 0 spiro atoms. The molecular weight excluding hydrogens is 240 g/mol. The van der Waals surface area contributed by atoms with Gasteiger partial charge < -0.3 is 15.1 Å². The summed E-state index contributed by atoms with van der Waals surface area (Å²) in [5.41, 5.74) is 7.78. The van der Waals surface area contributed by atoms with Gasteiger partial charge in [0.25, 0.3) is 5.91 Å². The number of hydrogen-bond donors (Lipinski definition) is 1. The molecule has 0 aliphatic carbocycles. The van der Waals surface area contributed by atoms with Crippen LogP contribution in [0.1, 0.15) is 29.0 Å². The molecule has 2 heterocycles. The number of carbonyl (C=O) groups is 1. The van der Waals surface area contributed by atoms with Crippen LogP contribution in [0.15, 0.2) is 28.7 Å². The van der Waals surface area contributed by atoms with Crippen LogP contribution in [-0.2, 0) is 0 Å². The number of nitrogens with zero attached hydrogens (tertiary/aromatic N) is 1. The number of likely N-dealkylation sites (tertiary alicyclic amines) is 1. The first kappa shape index (κ1) is 12.2. The number of piperidine rings is 1. The smallest absolute Gasteiger partial charge is 0.289 e. The van der Waals surface area contributed by atoms with E-state index in [1.54, 1.807) is 0 Å². The van der Waals surface area contributed by atoms with E-state index in [0.717, 1.165) is 42.5 Å². The summed E-state index contributed by atoms with van der Waals surface area (Å²) in [6.07, 6.45) is 1.73. The van der Waals surface area contributed by atoms with E-state index in [-0.39, 0.29) is 11.9 Å². The van der Waals surface area contributed by atoms with E-state index in [0.29, 0.717) is 5.76 Å². The highest BCUT2D eigenvalue weighted by atomic mass is 16.3. The lowest BCUT2D eigenvalue weighted by molar-refractivity contribution is 0.0685. The Morgan fingerprint density at radius 2 is 2.05 bits per heavy atom. The van der Waals surface area contributed by atoms with E-state index < -0.39 is 0 Å². The van der Waals surface area contributed by atoms with Crippen molar-refractivity contribution in [1.29, 1.82) is 0 Å². The van der Waals surface area contributed by atoms with Crippen LogP contribution in [0.3, 0.4) is 0 Å². The fourth-order valence-corrected chi connectivity index (χ4v) is 2.53. The second-order valence-electron chi connectivity index (χ2n) is 5.28. The Hall–Kier alpha value is -1.81. The van der Waals surface area contributed by atoms with Gasteiger partial charge in [-0.1, -0.05) is 11.6 Å². The van der Waals surface area contributed by atoms with Crippen LogP contribution in [0.25, 0.3) is 11.0 Å². The highest BCUT2D eigenvalue weighted by Gasteiger charge is 2.24. The first-order valence-corrected chi connectivity index (χ1v) is 6.68. The molecule has 1 aliphatic rings. The summed E-state index contributed by atoms with van der Waals surface area (Å²) in [5, 5.41) is 0.983. The topological polar surface area (TPSA) is 59.5 Å². The minimum atomic E-state index is -0.0271. The van der Waals surface area contributed by atoms with Crippen molar-refractivity contribution >= 4 is 16.9 Å². The van der Waals surface area contributed by atoms with Gasteiger partial charge in [0.2, 0.25) is 0 Å². The summed E-state index contributed by atoms with van der Waals surface area (Å²) >= 11 is 0. The van der Waals surface area contributed by atoms with Crippen LogP contribution in [0.5, 0.6) is 0 Å². The van der Waals surface area contributed by atoms with Gasteiger partial charge in [-0.3, -0.25) is 4.79 Å². The van der Waals surface area contributed by atoms with Gasteiger partial charge in [-0.05, 0) is 38.0 Å². The number of aryl methyl sites for hydroxylation is 1. The molecule has 1 aliphatic heterocycles. The lowest BCUT2D eigenvalue weighted by Gasteiger charge is -2.29. The molecule has 19 heavy (non-hydrogen) atoms. The van der Waals surface area contributed by atoms with E-state index in [4.69, 9.17) is 10.2 Å². The first-order chi connectivity index (χ1) is 9.13. The summed E-state index contributed by atoms with van der Waals surface area (Å²) < 4.78 is 5.64. The predicted molar refractivity (Wildman–Crippen MR) is 74.1 cm³/mol. The Morgan fingerprint density at radius 3 is 2.79 bits per heavy atom. The normalized spacial score (nSPS) is 17.1. The van der Waals surface area contributed by atoms with E-state index in [2.05, 4.69) is 0 Å². The molecule has 2 aromatic rings.